The molecule has 3 nitrogen and oxygen atoms in total. The number of aliphatic hydroxyl groups excluding tert-OH is 1. The van der Waals surface area contributed by atoms with Gasteiger partial charge in [-0.2, -0.15) is 0 Å². The lowest BCUT2D eigenvalue weighted by Crippen LogP contribution is -2.11. The Hall–Kier alpha value is -1.13. The predicted molar refractivity (Wildman–Crippen MR) is 59.0 cm³/mol. The molecule has 0 bridgehead atoms. The quantitative estimate of drug-likeness (QED) is 0.759. The Morgan fingerprint density at radius 1 is 1.44 bits per heavy atom. The van der Waals surface area contributed by atoms with Gasteiger partial charge in [0.1, 0.15) is 17.7 Å². The van der Waals surface area contributed by atoms with E-state index in [1.54, 1.807) is 6.07 Å². The van der Waals surface area contributed by atoms with E-state index in [9.17, 15) is 9.50 Å². The first kappa shape index (κ1) is 12.9. The van der Waals surface area contributed by atoms with Crippen LogP contribution >= 0.6 is 0 Å². The summed E-state index contributed by atoms with van der Waals surface area (Å²) in [5.41, 5.74) is 0.154. The van der Waals surface area contributed by atoms with E-state index >= 15 is 0 Å². The number of hydrogen-bond donors (Lipinski definition) is 1. The van der Waals surface area contributed by atoms with Crippen LogP contribution in [0.25, 0.3) is 0 Å². The van der Waals surface area contributed by atoms with Gasteiger partial charge in [-0.3, -0.25) is 0 Å². The monoisotopic (exact) mass is 228 g/mol. The van der Waals surface area contributed by atoms with Gasteiger partial charge in [0.25, 0.3) is 0 Å². The number of hydrogen-bond acceptors (Lipinski definition) is 3. The molecule has 1 aromatic rings. The molecule has 1 aromatic carbocycles. The van der Waals surface area contributed by atoms with Gasteiger partial charge in [-0.25, -0.2) is 4.39 Å². The molecule has 0 aliphatic rings. The van der Waals surface area contributed by atoms with Gasteiger partial charge in [-0.15, -0.1) is 0 Å². The zero-order valence-corrected chi connectivity index (χ0v) is 9.57. The van der Waals surface area contributed by atoms with Crippen LogP contribution in [0.5, 0.6) is 5.75 Å². The van der Waals surface area contributed by atoms with E-state index < -0.39 is 11.9 Å². The first-order valence-electron chi connectivity index (χ1n) is 5.28. The summed E-state index contributed by atoms with van der Waals surface area (Å²) in [4.78, 5) is 0. The van der Waals surface area contributed by atoms with Crippen LogP contribution in [0.15, 0.2) is 18.2 Å². The molecular weight excluding hydrogens is 211 g/mol. The van der Waals surface area contributed by atoms with Crippen molar-refractivity contribution in [1.82, 2.24) is 0 Å². The lowest BCUT2D eigenvalue weighted by Gasteiger charge is -2.15. The van der Waals surface area contributed by atoms with Crippen molar-refractivity contribution in [2.24, 2.45) is 0 Å². The zero-order chi connectivity index (χ0) is 12.0. The molecule has 0 fully saturated rings. The van der Waals surface area contributed by atoms with Crippen LogP contribution in [0, 0.1) is 5.82 Å². The normalized spacial score (nSPS) is 12.5. The predicted octanol–water partition coefficient (Wildman–Crippen LogP) is 2.29. The molecule has 1 N–H and O–H groups in total. The van der Waals surface area contributed by atoms with Gasteiger partial charge in [0.15, 0.2) is 0 Å². The fourth-order valence-corrected chi connectivity index (χ4v) is 1.44. The fourth-order valence-electron chi connectivity index (χ4n) is 1.44. The van der Waals surface area contributed by atoms with Crippen molar-refractivity contribution >= 4 is 0 Å². The Labute approximate surface area is 94.8 Å². The van der Waals surface area contributed by atoms with E-state index in [0.717, 1.165) is 6.42 Å². The maximum atomic E-state index is 13.5. The van der Waals surface area contributed by atoms with E-state index in [1.165, 1.54) is 19.2 Å². The number of aliphatic hydroxyl groups is 1. The molecule has 0 heterocycles. The van der Waals surface area contributed by atoms with Crippen molar-refractivity contribution in [1.29, 1.82) is 0 Å². The smallest absolute Gasteiger partial charge is 0.132 e. The second-order valence-electron chi connectivity index (χ2n) is 3.45. The second kappa shape index (κ2) is 6.45. The minimum Gasteiger partial charge on any atom is -0.496 e. The van der Waals surface area contributed by atoms with Gasteiger partial charge in [-0.05, 0) is 18.6 Å². The number of halogens is 1. The molecule has 16 heavy (non-hydrogen) atoms. The average molecular weight is 228 g/mol. The molecule has 0 saturated heterocycles. The van der Waals surface area contributed by atoms with E-state index in [-0.39, 0.29) is 12.2 Å². The average Bonchev–Trinajstić information content (AvgIpc) is 2.28. The Morgan fingerprint density at radius 3 is 2.81 bits per heavy atom. The Morgan fingerprint density at radius 2 is 2.19 bits per heavy atom. The van der Waals surface area contributed by atoms with Crippen LogP contribution < -0.4 is 4.74 Å². The summed E-state index contributed by atoms with van der Waals surface area (Å²) in [6, 6.07) is 4.44. The lowest BCUT2D eigenvalue weighted by molar-refractivity contribution is 0.0333. The van der Waals surface area contributed by atoms with Crippen molar-refractivity contribution in [3.05, 3.63) is 29.6 Å². The number of rotatable bonds is 6. The first-order chi connectivity index (χ1) is 7.70. The summed E-state index contributed by atoms with van der Waals surface area (Å²) >= 11 is 0. The molecule has 0 aliphatic carbocycles. The summed E-state index contributed by atoms with van der Waals surface area (Å²) in [5.74, 6) is -0.139. The standard InChI is InChI=1S/C12H17FO3/c1-3-7-16-8-10(14)12-9(13)5-4-6-11(12)15-2/h4-6,10,14H,3,7-8H2,1-2H3. The van der Waals surface area contributed by atoms with Crippen LogP contribution in [0.4, 0.5) is 4.39 Å². The van der Waals surface area contributed by atoms with Crippen molar-refractivity contribution in [2.75, 3.05) is 20.3 Å². The first-order valence-corrected chi connectivity index (χ1v) is 5.28. The van der Waals surface area contributed by atoms with Crippen LogP contribution in [0.3, 0.4) is 0 Å². The Kier molecular flexibility index (Phi) is 5.22. The van der Waals surface area contributed by atoms with Gasteiger partial charge < -0.3 is 14.6 Å². The van der Waals surface area contributed by atoms with Crippen LogP contribution in [-0.2, 0) is 4.74 Å². The maximum absolute atomic E-state index is 13.5. The summed E-state index contributed by atoms with van der Waals surface area (Å²) in [6.07, 6.45) is -0.135. The van der Waals surface area contributed by atoms with Gasteiger partial charge in [-0.1, -0.05) is 13.0 Å². The largest absolute Gasteiger partial charge is 0.496 e. The molecule has 1 rings (SSSR count). The third-order valence-corrected chi connectivity index (χ3v) is 2.19. The molecule has 4 heteroatoms. The summed E-state index contributed by atoms with van der Waals surface area (Å²) in [7, 11) is 1.44. The van der Waals surface area contributed by atoms with Gasteiger partial charge in [0.2, 0.25) is 0 Å². The highest BCUT2D eigenvalue weighted by Crippen LogP contribution is 2.27. The lowest BCUT2D eigenvalue weighted by atomic mass is 10.1. The Bertz CT molecular complexity index is 328. The van der Waals surface area contributed by atoms with Gasteiger partial charge in [0, 0.05) is 6.61 Å². The van der Waals surface area contributed by atoms with E-state index in [0.29, 0.717) is 12.4 Å². The molecular formula is C12H17FO3. The summed E-state index contributed by atoms with van der Waals surface area (Å²) < 4.78 is 23.7. The highest BCUT2D eigenvalue weighted by atomic mass is 19.1. The van der Waals surface area contributed by atoms with Gasteiger partial charge in [0.05, 0.1) is 19.3 Å². The maximum Gasteiger partial charge on any atom is 0.132 e. The van der Waals surface area contributed by atoms with Crippen molar-refractivity contribution in [2.45, 2.75) is 19.4 Å². The molecule has 0 spiro atoms. The van der Waals surface area contributed by atoms with Crippen molar-refractivity contribution in [3.8, 4) is 5.75 Å². The van der Waals surface area contributed by atoms with Crippen LogP contribution in [0.2, 0.25) is 0 Å². The molecule has 90 valence electrons. The number of benzene rings is 1. The minimum atomic E-state index is -0.998. The molecule has 1 atom stereocenters. The zero-order valence-electron chi connectivity index (χ0n) is 9.57. The van der Waals surface area contributed by atoms with Gasteiger partial charge >= 0.3 is 0 Å². The highest BCUT2D eigenvalue weighted by Gasteiger charge is 2.17. The number of methoxy groups -OCH3 is 1. The third-order valence-electron chi connectivity index (χ3n) is 2.19. The van der Waals surface area contributed by atoms with E-state index in [1.807, 2.05) is 6.92 Å². The molecule has 0 radical (unpaired) electrons. The van der Waals surface area contributed by atoms with E-state index in [4.69, 9.17) is 9.47 Å². The fraction of sp³-hybridized carbons (Fsp3) is 0.500. The number of ether oxygens (including phenoxy) is 2. The minimum absolute atomic E-state index is 0.0745. The highest BCUT2D eigenvalue weighted by molar-refractivity contribution is 5.36. The van der Waals surface area contributed by atoms with E-state index in [2.05, 4.69) is 0 Å². The molecule has 0 aliphatic heterocycles. The third kappa shape index (κ3) is 3.18. The Balaban J connectivity index is 2.76. The van der Waals surface area contributed by atoms with Crippen LogP contribution in [0.1, 0.15) is 25.0 Å². The SMILES string of the molecule is CCCOCC(O)c1c(F)cccc1OC. The van der Waals surface area contributed by atoms with Crippen LogP contribution in [-0.4, -0.2) is 25.4 Å². The second-order valence-corrected chi connectivity index (χ2v) is 3.45. The molecule has 0 amide bonds. The molecule has 0 saturated carbocycles. The van der Waals surface area contributed by atoms with Crippen molar-refractivity contribution in [3.63, 3.8) is 0 Å². The molecule has 1 unspecified atom stereocenters. The van der Waals surface area contributed by atoms with Crippen molar-refractivity contribution < 1.29 is 19.0 Å². The summed E-state index contributed by atoms with van der Waals surface area (Å²) in [5, 5.41) is 9.79. The summed E-state index contributed by atoms with van der Waals surface area (Å²) in [6.45, 7) is 2.59. The topological polar surface area (TPSA) is 38.7 Å². The molecule has 0 aromatic heterocycles.